The summed E-state index contributed by atoms with van der Waals surface area (Å²) in [5.74, 6) is 1.63. The van der Waals surface area contributed by atoms with E-state index in [1.165, 1.54) is 4.90 Å². The van der Waals surface area contributed by atoms with Gasteiger partial charge in [0.2, 0.25) is 5.89 Å². The summed E-state index contributed by atoms with van der Waals surface area (Å²) in [6, 6.07) is -0.272. The van der Waals surface area contributed by atoms with E-state index in [-0.39, 0.29) is 25.1 Å². The molecular formula is C13H20N6O4. The number of carbonyl (C=O) groups is 1. The molecule has 0 radical (unpaired) electrons. The lowest BCUT2D eigenvalue weighted by molar-refractivity contribution is 0.199. The van der Waals surface area contributed by atoms with Gasteiger partial charge in [0.05, 0.1) is 0 Å². The highest BCUT2D eigenvalue weighted by Gasteiger charge is 2.14. The molecule has 2 amide bonds. The summed E-state index contributed by atoms with van der Waals surface area (Å²) in [4.78, 5) is 21.5. The van der Waals surface area contributed by atoms with E-state index in [2.05, 4.69) is 25.6 Å². The van der Waals surface area contributed by atoms with Crippen LogP contribution in [0.3, 0.4) is 0 Å². The zero-order chi connectivity index (χ0) is 16.7. The van der Waals surface area contributed by atoms with E-state index in [4.69, 9.17) is 14.2 Å². The number of rotatable bonds is 8. The quantitative estimate of drug-likeness (QED) is 0.708. The zero-order valence-corrected chi connectivity index (χ0v) is 13.2. The first kappa shape index (κ1) is 16.9. The number of urea groups is 1. The predicted molar refractivity (Wildman–Crippen MR) is 77.1 cm³/mol. The second kappa shape index (κ2) is 8.22. The molecule has 0 spiro atoms. The van der Waals surface area contributed by atoms with Crippen LogP contribution in [-0.4, -0.2) is 49.9 Å². The molecule has 0 atom stereocenters. The van der Waals surface area contributed by atoms with Crippen molar-refractivity contribution >= 4 is 6.03 Å². The first-order chi connectivity index (χ1) is 11.1. The second-order valence-electron chi connectivity index (χ2n) is 4.95. The van der Waals surface area contributed by atoms with Gasteiger partial charge in [0.25, 0.3) is 5.89 Å². The molecule has 0 aliphatic rings. The Kier molecular flexibility index (Phi) is 6.03. The summed E-state index contributed by atoms with van der Waals surface area (Å²) in [7, 11) is 1.64. The SMILES string of the molecule is CCCc1noc(CN(C)C(=O)NCCc2noc(CO)n2)n1. The predicted octanol–water partition coefficient (Wildman–Crippen LogP) is 0.281. The van der Waals surface area contributed by atoms with Crippen molar-refractivity contribution in [3.05, 3.63) is 23.4 Å². The highest BCUT2D eigenvalue weighted by Crippen LogP contribution is 2.03. The lowest BCUT2D eigenvalue weighted by Crippen LogP contribution is -2.37. The summed E-state index contributed by atoms with van der Waals surface area (Å²) < 4.78 is 9.85. The standard InChI is InChI=1S/C13H20N6O4/c1-3-4-9-15-11(22-17-9)7-19(2)13(21)14-6-5-10-16-12(8-20)23-18-10/h20H,3-8H2,1-2H3,(H,14,21). The molecule has 10 nitrogen and oxygen atoms in total. The van der Waals surface area contributed by atoms with Crippen molar-refractivity contribution in [3.8, 4) is 0 Å². The maximum atomic E-state index is 12.0. The Hall–Kier alpha value is -2.49. The van der Waals surface area contributed by atoms with Gasteiger partial charge in [-0.2, -0.15) is 9.97 Å². The van der Waals surface area contributed by atoms with Crippen molar-refractivity contribution in [2.75, 3.05) is 13.6 Å². The molecule has 2 aromatic heterocycles. The molecule has 2 aromatic rings. The Balaban J connectivity index is 1.73. The van der Waals surface area contributed by atoms with Gasteiger partial charge < -0.3 is 24.4 Å². The van der Waals surface area contributed by atoms with Crippen LogP contribution >= 0.6 is 0 Å². The number of nitrogens with zero attached hydrogens (tertiary/aromatic N) is 5. The van der Waals surface area contributed by atoms with Crippen LogP contribution in [-0.2, 0) is 26.0 Å². The van der Waals surface area contributed by atoms with Gasteiger partial charge in [-0.25, -0.2) is 4.79 Å². The number of hydrogen-bond donors (Lipinski definition) is 2. The monoisotopic (exact) mass is 324 g/mol. The fourth-order valence-corrected chi connectivity index (χ4v) is 1.83. The summed E-state index contributed by atoms with van der Waals surface area (Å²) >= 11 is 0. The lowest BCUT2D eigenvalue weighted by atomic mass is 10.3. The van der Waals surface area contributed by atoms with Crippen LogP contribution < -0.4 is 5.32 Å². The number of carbonyl (C=O) groups excluding carboxylic acids is 1. The van der Waals surface area contributed by atoms with Crippen LogP contribution in [0.5, 0.6) is 0 Å². The molecule has 10 heteroatoms. The van der Waals surface area contributed by atoms with Gasteiger partial charge in [0.1, 0.15) is 13.2 Å². The highest BCUT2D eigenvalue weighted by atomic mass is 16.5. The topological polar surface area (TPSA) is 130 Å². The number of aromatic nitrogens is 4. The number of amides is 2. The van der Waals surface area contributed by atoms with E-state index in [9.17, 15) is 4.79 Å². The van der Waals surface area contributed by atoms with Gasteiger partial charge >= 0.3 is 6.03 Å². The van der Waals surface area contributed by atoms with Crippen molar-refractivity contribution in [1.29, 1.82) is 0 Å². The minimum atomic E-state index is -0.299. The van der Waals surface area contributed by atoms with Gasteiger partial charge in [0.15, 0.2) is 11.6 Å². The normalized spacial score (nSPS) is 10.7. The number of hydrogen-bond acceptors (Lipinski definition) is 8. The van der Waals surface area contributed by atoms with E-state index in [1.807, 2.05) is 6.92 Å². The smallest absolute Gasteiger partial charge is 0.317 e. The van der Waals surface area contributed by atoms with Crippen LogP contribution in [0.2, 0.25) is 0 Å². The minimum absolute atomic E-state index is 0.155. The van der Waals surface area contributed by atoms with Gasteiger partial charge in [-0.05, 0) is 6.42 Å². The molecule has 0 fully saturated rings. The van der Waals surface area contributed by atoms with Crippen LogP contribution in [0.15, 0.2) is 9.05 Å². The van der Waals surface area contributed by atoms with E-state index < -0.39 is 0 Å². The summed E-state index contributed by atoms with van der Waals surface area (Å²) in [5.41, 5.74) is 0. The van der Waals surface area contributed by atoms with E-state index in [0.717, 1.165) is 12.8 Å². The maximum absolute atomic E-state index is 12.0. The average molecular weight is 324 g/mol. The molecule has 126 valence electrons. The average Bonchev–Trinajstić information content (AvgIpc) is 3.17. The molecule has 0 aliphatic carbocycles. The molecule has 2 heterocycles. The molecule has 0 unspecified atom stereocenters. The number of nitrogens with one attached hydrogen (secondary N) is 1. The first-order valence-corrected chi connectivity index (χ1v) is 7.35. The summed E-state index contributed by atoms with van der Waals surface area (Å²) in [6.07, 6.45) is 2.09. The number of aliphatic hydroxyl groups excluding tert-OH is 1. The molecule has 0 saturated heterocycles. The third kappa shape index (κ3) is 5.02. The van der Waals surface area contributed by atoms with E-state index in [0.29, 0.717) is 30.5 Å². The molecule has 2 rings (SSSR count). The van der Waals surface area contributed by atoms with Crippen LogP contribution in [0.1, 0.15) is 36.8 Å². The van der Waals surface area contributed by atoms with Crippen LogP contribution in [0, 0.1) is 0 Å². The lowest BCUT2D eigenvalue weighted by Gasteiger charge is -2.15. The fourth-order valence-electron chi connectivity index (χ4n) is 1.83. The maximum Gasteiger partial charge on any atom is 0.317 e. The van der Waals surface area contributed by atoms with E-state index >= 15 is 0 Å². The molecule has 0 saturated carbocycles. The molecule has 0 bridgehead atoms. The molecule has 0 aromatic carbocycles. The third-order valence-electron chi connectivity index (χ3n) is 2.97. The van der Waals surface area contributed by atoms with Crippen molar-refractivity contribution in [1.82, 2.24) is 30.5 Å². The Morgan fingerprint density at radius 1 is 1.17 bits per heavy atom. The van der Waals surface area contributed by atoms with Crippen molar-refractivity contribution in [2.45, 2.75) is 39.3 Å². The highest BCUT2D eigenvalue weighted by molar-refractivity contribution is 5.73. The van der Waals surface area contributed by atoms with Gasteiger partial charge in [-0.3, -0.25) is 0 Å². The van der Waals surface area contributed by atoms with Crippen molar-refractivity contribution < 1.29 is 18.9 Å². The number of aryl methyl sites for hydroxylation is 1. The Morgan fingerprint density at radius 3 is 2.48 bits per heavy atom. The third-order valence-corrected chi connectivity index (χ3v) is 2.97. The molecule has 0 aliphatic heterocycles. The molecular weight excluding hydrogens is 304 g/mol. The summed E-state index contributed by atoms with van der Waals surface area (Å²) in [6.45, 7) is 2.31. The molecule has 23 heavy (non-hydrogen) atoms. The van der Waals surface area contributed by atoms with Gasteiger partial charge in [-0.1, -0.05) is 17.2 Å². The molecule has 2 N–H and O–H groups in total. The fraction of sp³-hybridized carbons (Fsp3) is 0.615. The Morgan fingerprint density at radius 2 is 1.83 bits per heavy atom. The Labute approximate surface area is 132 Å². The van der Waals surface area contributed by atoms with Crippen LogP contribution in [0.25, 0.3) is 0 Å². The Bertz CT molecular complexity index is 626. The van der Waals surface area contributed by atoms with E-state index in [1.54, 1.807) is 7.05 Å². The zero-order valence-electron chi connectivity index (χ0n) is 13.2. The van der Waals surface area contributed by atoms with Crippen molar-refractivity contribution in [3.63, 3.8) is 0 Å². The minimum Gasteiger partial charge on any atom is -0.387 e. The van der Waals surface area contributed by atoms with Gasteiger partial charge in [0, 0.05) is 26.4 Å². The van der Waals surface area contributed by atoms with Crippen molar-refractivity contribution in [2.24, 2.45) is 0 Å². The van der Waals surface area contributed by atoms with Gasteiger partial charge in [-0.15, -0.1) is 0 Å². The second-order valence-corrected chi connectivity index (χ2v) is 4.95. The van der Waals surface area contributed by atoms with Crippen LogP contribution in [0.4, 0.5) is 4.79 Å². The first-order valence-electron chi connectivity index (χ1n) is 7.35. The number of aliphatic hydroxyl groups is 1. The summed E-state index contributed by atoms with van der Waals surface area (Å²) in [5, 5.41) is 19.1. The largest absolute Gasteiger partial charge is 0.387 e.